The lowest BCUT2D eigenvalue weighted by molar-refractivity contribution is 0.370. The molecular formula is C20H16FN5O3. The van der Waals surface area contributed by atoms with E-state index in [1.54, 1.807) is 42.6 Å². The van der Waals surface area contributed by atoms with Crippen LogP contribution in [-0.2, 0) is 13.2 Å². The second-order valence-corrected chi connectivity index (χ2v) is 6.07. The van der Waals surface area contributed by atoms with Crippen molar-refractivity contribution < 1.29 is 13.5 Å². The fourth-order valence-corrected chi connectivity index (χ4v) is 2.84. The molecule has 0 amide bonds. The minimum absolute atomic E-state index is 0.0910. The molecule has 0 aliphatic rings. The highest BCUT2D eigenvalue weighted by Gasteiger charge is 2.14. The van der Waals surface area contributed by atoms with Gasteiger partial charge in [0.2, 0.25) is 11.8 Å². The van der Waals surface area contributed by atoms with Gasteiger partial charge < -0.3 is 9.15 Å². The van der Waals surface area contributed by atoms with Crippen molar-refractivity contribution in [3.05, 3.63) is 76.8 Å². The molecule has 0 aliphatic carbocycles. The molecule has 4 heterocycles. The van der Waals surface area contributed by atoms with Crippen LogP contribution < -0.4 is 10.3 Å². The number of aromatic nitrogens is 5. The fraction of sp³-hybridized carbons (Fsp3) is 0.150. The van der Waals surface area contributed by atoms with Gasteiger partial charge in [0, 0.05) is 12.4 Å². The van der Waals surface area contributed by atoms with Gasteiger partial charge in [-0.25, -0.2) is 4.39 Å². The molecule has 0 fully saturated rings. The van der Waals surface area contributed by atoms with Crippen LogP contribution in [-0.4, -0.2) is 31.8 Å². The first-order valence-electron chi connectivity index (χ1n) is 8.72. The smallest absolute Gasteiger partial charge is 0.263 e. The van der Waals surface area contributed by atoms with E-state index in [4.69, 9.17) is 9.15 Å². The zero-order valence-corrected chi connectivity index (χ0v) is 15.4. The summed E-state index contributed by atoms with van der Waals surface area (Å²) in [4.78, 5) is 21.6. The summed E-state index contributed by atoms with van der Waals surface area (Å²) in [5.41, 5.74) is 1.99. The first kappa shape index (κ1) is 18.5. The van der Waals surface area contributed by atoms with Crippen LogP contribution in [0.4, 0.5) is 4.39 Å². The lowest BCUT2D eigenvalue weighted by Crippen LogP contribution is -2.24. The maximum absolute atomic E-state index is 13.0. The molecule has 4 aromatic heterocycles. The predicted octanol–water partition coefficient (Wildman–Crippen LogP) is 2.88. The molecule has 8 nitrogen and oxygen atoms in total. The van der Waals surface area contributed by atoms with E-state index in [-0.39, 0.29) is 23.9 Å². The maximum Gasteiger partial charge on any atom is 0.263 e. The van der Waals surface area contributed by atoms with E-state index in [9.17, 15) is 9.18 Å². The van der Waals surface area contributed by atoms with Crippen molar-refractivity contribution in [2.45, 2.75) is 13.2 Å². The zero-order valence-electron chi connectivity index (χ0n) is 15.4. The van der Waals surface area contributed by atoms with Crippen molar-refractivity contribution in [1.82, 2.24) is 24.7 Å². The normalized spacial score (nSPS) is 10.8. The predicted molar refractivity (Wildman–Crippen MR) is 102 cm³/mol. The monoisotopic (exact) mass is 393 g/mol. The number of rotatable bonds is 6. The molecule has 0 aromatic carbocycles. The van der Waals surface area contributed by atoms with Gasteiger partial charge in [0.25, 0.3) is 5.56 Å². The third-order valence-electron chi connectivity index (χ3n) is 4.26. The van der Waals surface area contributed by atoms with Crippen molar-refractivity contribution in [2.24, 2.45) is 0 Å². The first-order valence-corrected chi connectivity index (χ1v) is 8.72. The molecule has 0 N–H and O–H groups in total. The van der Waals surface area contributed by atoms with E-state index in [0.717, 1.165) is 0 Å². The number of methoxy groups -OCH3 is 1. The highest BCUT2D eigenvalue weighted by molar-refractivity contribution is 5.58. The Morgan fingerprint density at radius 1 is 1.10 bits per heavy atom. The van der Waals surface area contributed by atoms with Crippen LogP contribution in [0, 0.1) is 0 Å². The lowest BCUT2D eigenvalue weighted by Gasteiger charge is -2.13. The second kappa shape index (κ2) is 8.01. The summed E-state index contributed by atoms with van der Waals surface area (Å²) in [6.07, 6.45) is 3.17. The Bertz CT molecular complexity index is 1170. The molecule has 0 radical (unpaired) electrons. The van der Waals surface area contributed by atoms with Gasteiger partial charge >= 0.3 is 0 Å². The summed E-state index contributed by atoms with van der Waals surface area (Å²) in [7, 11) is 1.50. The third kappa shape index (κ3) is 3.75. The molecular weight excluding hydrogens is 377 g/mol. The number of hydrogen-bond donors (Lipinski definition) is 0. The number of nitrogens with zero attached hydrogens (tertiary/aromatic N) is 5. The minimum atomic E-state index is -0.826. The van der Waals surface area contributed by atoms with E-state index >= 15 is 0 Å². The van der Waals surface area contributed by atoms with Gasteiger partial charge in [0.15, 0.2) is 12.6 Å². The number of pyridine rings is 3. The standard InChI is InChI=1S/C20H16FN5O3/c1-28-18-8-7-15(16-4-2-3-9-22-16)20(27)26(18)12-14-6-5-13(11-23-14)19-25-24-17(10-21)29-19/h2-9,11H,10,12H2,1H3. The van der Waals surface area contributed by atoms with Crippen LogP contribution in [0.15, 0.2) is 64.1 Å². The molecule has 0 saturated carbocycles. The average Bonchev–Trinajstić information content (AvgIpc) is 3.25. The number of alkyl halides is 1. The fourth-order valence-electron chi connectivity index (χ4n) is 2.84. The summed E-state index contributed by atoms with van der Waals surface area (Å²) in [5.74, 6) is 0.500. The minimum Gasteiger partial charge on any atom is -0.482 e. The Hall–Kier alpha value is -3.88. The van der Waals surface area contributed by atoms with Gasteiger partial charge in [0.05, 0.1) is 36.2 Å². The van der Waals surface area contributed by atoms with Crippen molar-refractivity contribution in [3.8, 4) is 28.6 Å². The quantitative estimate of drug-likeness (QED) is 0.497. The molecule has 0 unspecified atom stereocenters. The Labute approximate surface area is 164 Å². The zero-order chi connectivity index (χ0) is 20.2. The van der Waals surface area contributed by atoms with Gasteiger partial charge in [-0.3, -0.25) is 19.3 Å². The molecule has 0 spiro atoms. The van der Waals surface area contributed by atoms with Crippen LogP contribution in [0.3, 0.4) is 0 Å². The van der Waals surface area contributed by atoms with Crippen LogP contribution in [0.1, 0.15) is 11.6 Å². The molecule has 29 heavy (non-hydrogen) atoms. The highest BCUT2D eigenvalue weighted by atomic mass is 19.1. The summed E-state index contributed by atoms with van der Waals surface area (Å²) < 4.78 is 24.6. The van der Waals surface area contributed by atoms with E-state index in [1.165, 1.54) is 17.9 Å². The molecule has 146 valence electrons. The van der Waals surface area contributed by atoms with E-state index in [1.807, 2.05) is 6.07 Å². The first-order chi connectivity index (χ1) is 14.2. The molecule has 0 bridgehead atoms. The van der Waals surface area contributed by atoms with Crippen LogP contribution in [0.25, 0.3) is 22.7 Å². The largest absolute Gasteiger partial charge is 0.482 e. The Morgan fingerprint density at radius 2 is 2.00 bits per heavy atom. The van der Waals surface area contributed by atoms with Gasteiger partial charge in [-0.05, 0) is 36.4 Å². The Balaban J connectivity index is 1.66. The van der Waals surface area contributed by atoms with Gasteiger partial charge in [0.1, 0.15) is 0 Å². The Morgan fingerprint density at radius 3 is 2.66 bits per heavy atom. The maximum atomic E-state index is 13.0. The summed E-state index contributed by atoms with van der Waals surface area (Å²) in [5, 5.41) is 7.37. The summed E-state index contributed by atoms with van der Waals surface area (Å²) >= 11 is 0. The van der Waals surface area contributed by atoms with Crippen molar-refractivity contribution >= 4 is 0 Å². The SMILES string of the molecule is COc1ccc(-c2ccccn2)c(=O)n1Cc1ccc(-c2nnc(CF)o2)cn1. The van der Waals surface area contributed by atoms with E-state index in [2.05, 4.69) is 20.2 Å². The van der Waals surface area contributed by atoms with Crippen LogP contribution >= 0.6 is 0 Å². The number of ether oxygens (including phenoxy) is 1. The number of hydrogen-bond acceptors (Lipinski definition) is 7. The third-order valence-corrected chi connectivity index (χ3v) is 4.26. The molecule has 4 rings (SSSR count). The van der Waals surface area contributed by atoms with Crippen molar-refractivity contribution in [2.75, 3.05) is 7.11 Å². The van der Waals surface area contributed by atoms with Crippen molar-refractivity contribution in [1.29, 1.82) is 0 Å². The average molecular weight is 393 g/mol. The molecule has 0 aliphatic heterocycles. The van der Waals surface area contributed by atoms with Gasteiger partial charge in [-0.2, -0.15) is 0 Å². The lowest BCUT2D eigenvalue weighted by atomic mass is 10.2. The highest BCUT2D eigenvalue weighted by Crippen LogP contribution is 2.20. The Kier molecular flexibility index (Phi) is 5.10. The molecule has 0 atom stereocenters. The molecule has 4 aromatic rings. The van der Waals surface area contributed by atoms with Crippen LogP contribution in [0.5, 0.6) is 5.88 Å². The van der Waals surface area contributed by atoms with Crippen LogP contribution in [0.2, 0.25) is 0 Å². The second-order valence-electron chi connectivity index (χ2n) is 6.07. The van der Waals surface area contributed by atoms with E-state index < -0.39 is 6.67 Å². The van der Waals surface area contributed by atoms with Gasteiger partial charge in [-0.1, -0.05) is 6.07 Å². The molecule has 0 saturated heterocycles. The van der Waals surface area contributed by atoms with E-state index in [0.29, 0.717) is 28.4 Å². The number of halogens is 1. The molecule has 9 heteroatoms. The topological polar surface area (TPSA) is 95.9 Å². The summed E-state index contributed by atoms with van der Waals surface area (Å²) in [6, 6.07) is 12.2. The van der Waals surface area contributed by atoms with Crippen molar-refractivity contribution in [3.63, 3.8) is 0 Å². The van der Waals surface area contributed by atoms with Gasteiger partial charge in [-0.15, -0.1) is 10.2 Å². The summed E-state index contributed by atoms with van der Waals surface area (Å²) in [6.45, 7) is -0.629.